The van der Waals surface area contributed by atoms with Crippen LogP contribution in [-0.2, 0) is 0 Å². The maximum Gasteiger partial charge on any atom is 0.387 e. The van der Waals surface area contributed by atoms with Crippen molar-refractivity contribution in [3.8, 4) is 5.75 Å². The molecule has 0 aliphatic heterocycles. The Kier molecular flexibility index (Phi) is 4.79. The van der Waals surface area contributed by atoms with Crippen molar-refractivity contribution in [1.82, 2.24) is 0 Å². The zero-order valence-corrected chi connectivity index (χ0v) is 11.6. The number of nitrogens with one attached hydrogen (secondary N) is 1. The predicted octanol–water partition coefficient (Wildman–Crippen LogP) is 5.11. The fraction of sp³-hybridized carbons (Fsp3) is 0.200. The molecule has 2 aromatic rings. The number of alkyl halides is 2. The average Bonchev–Trinajstić information content (AvgIpc) is 2.40. The van der Waals surface area contributed by atoms with Gasteiger partial charge in [0.15, 0.2) is 0 Å². The molecule has 0 amide bonds. The zero-order chi connectivity index (χ0) is 14.5. The number of halogens is 3. The van der Waals surface area contributed by atoms with E-state index in [4.69, 9.17) is 11.6 Å². The smallest absolute Gasteiger partial charge is 0.387 e. The molecule has 20 heavy (non-hydrogen) atoms. The van der Waals surface area contributed by atoms with Crippen molar-refractivity contribution in [2.75, 3.05) is 5.32 Å². The number of hydrogen-bond donors (Lipinski definition) is 1. The summed E-state index contributed by atoms with van der Waals surface area (Å²) >= 11 is 5.94. The van der Waals surface area contributed by atoms with Gasteiger partial charge < -0.3 is 10.1 Å². The lowest BCUT2D eigenvalue weighted by atomic mass is 10.1. The van der Waals surface area contributed by atoms with Gasteiger partial charge in [-0.25, -0.2) is 0 Å². The van der Waals surface area contributed by atoms with Crippen LogP contribution in [-0.4, -0.2) is 6.61 Å². The summed E-state index contributed by atoms with van der Waals surface area (Å²) in [4.78, 5) is 0. The number of ether oxygens (including phenoxy) is 1. The van der Waals surface area contributed by atoms with E-state index in [0.717, 1.165) is 5.56 Å². The van der Waals surface area contributed by atoms with Crippen LogP contribution in [0.5, 0.6) is 5.75 Å². The van der Waals surface area contributed by atoms with Gasteiger partial charge in [-0.15, -0.1) is 0 Å². The highest BCUT2D eigenvalue weighted by Crippen LogP contribution is 2.29. The molecule has 5 heteroatoms. The molecule has 0 radical (unpaired) electrons. The first-order chi connectivity index (χ1) is 9.56. The Hall–Kier alpha value is -1.81. The monoisotopic (exact) mass is 297 g/mol. The van der Waals surface area contributed by atoms with E-state index >= 15 is 0 Å². The van der Waals surface area contributed by atoms with E-state index in [1.165, 1.54) is 6.07 Å². The van der Waals surface area contributed by atoms with Crippen LogP contribution < -0.4 is 10.1 Å². The Balaban J connectivity index is 2.17. The van der Waals surface area contributed by atoms with E-state index in [1.807, 2.05) is 25.1 Å². The minimum atomic E-state index is -2.85. The van der Waals surface area contributed by atoms with Crippen molar-refractivity contribution >= 4 is 17.3 Å². The summed E-state index contributed by atoms with van der Waals surface area (Å²) < 4.78 is 29.2. The Morgan fingerprint density at radius 3 is 2.55 bits per heavy atom. The molecule has 1 unspecified atom stereocenters. The molecule has 1 atom stereocenters. The number of rotatable bonds is 5. The molecule has 1 N–H and O–H groups in total. The van der Waals surface area contributed by atoms with E-state index in [9.17, 15) is 8.78 Å². The molecular weight excluding hydrogens is 284 g/mol. The van der Waals surface area contributed by atoms with Crippen LogP contribution in [0.4, 0.5) is 14.5 Å². The van der Waals surface area contributed by atoms with E-state index in [0.29, 0.717) is 10.7 Å². The quantitative estimate of drug-likeness (QED) is 0.827. The van der Waals surface area contributed by atoms with Gasteiger partial charge in [0.05, 0.1) is 5.69 Å². The van der Waals surface area contributed by atoms with Gasteiger partial charge in [-0.2, -0.15) is 8.78 Å². The molecule has 0 aromatic heterocycles. The fourth-order valence-corrected chi connectivity index (χ4v) is 2.08. The van der Waals surface area contributed by atoms with Gasteiger partial charge in [-0.1, -0.05) is 35.9 Å². The minimum absolute atomic E-state index is 0.0869. The Labute approximate surface area is 121 Å². The van der Waals surface area contributed by atoms with Crippen molar-refractivity contribution < 1.29 is 13.5 Å². The van der Waals surface area contributed by atoms with Crippen LogP contribution in [0.25, 0.3) is 0 Å². The Morgan fingerprint density at radius 1 is 1.10 bits per heavy atom. The highest BCUT2D eigenvalue weighted by molar-refractivity contribution is 6.30. The third-order valence-electron chi connectivity index (χ3n) is 2.82. The molecular formula is C15H14ClF2NO. The van der Waals surface area contributed by atoms with Crippen LogP contribution in [0.3, 0.4) is 0 Å². The van der Waals surface area contributed by atoms with Crippen molar-refractivity contribution in [3.05, 3.63) is 59.1 Å². The molecule has 0 aliphatic rings. The first kappa shape index (κ1) is 14.6. The number of anilines is 1. The second-order valence-electron chi connectivity index (χ2n) is 4.30. The summed E-state index contributed by atoms with van der Waals surface area (Å²) in [5, 5.41) is 3.78. The molecule has 2 nitrogen and oxygen atoms in total. The number of hydrogen-bond acceptors (Lipinski definition) is 2. The number of para-hydroxylation sites is 2. The van der Waals surface area contributed by atoms with E-state index < -0.39 is 6.61 Å². The van der Waals surface area contributed by atoms with Crippen molar-refractivity contribution in [2.45, 2.75) is 19.6 Å². The molecule has 106 valence electrons. The van der Waals surface area contributed by atoms with Gasteiger partial charge in [0.1, 0.15) is 5.75 Å². The average molecular weight is 298 g/mol. The summed E-state index contributed by atoms with van der Waals surface area (Å²) in [5.41, 5.74) is 1.48. The Morgan fingerprint density at radius 2 is 1.85 bits per heavy atom. The SMILES string of the molecule is CC(Nc1ccccc1OC(F)F)c1cccc(Cl)c1. The van der Waals surface area contributed by atoms with E-state index in [1.54, 1.807) is 24.3 Å². The highest BCUT2D eigenvalue weighted by atomic mass is 35.5. The van der Waals surface area contributed by atoms with Gasteiger partial charge in [-0.05, 0) is 36.8 Å². The van der Waals surface area contributed by atoms with Crippen LogP contribution in [0, 0.1) is 0 Å². The first-order valence-corrected chi connectivity index (χ1v) is 6.50. The van der Waals surface area contributed by atoms with Crippen LogP contribution >= 0.6 is 11.6 Å². The summed E-state index contributed by atoms with van der Waals surface area (Å²) in [6.07, 6.45) is 0. The summed E-state index contributed by atoms with van der Waals surface area (Å²) in [6, 6.07) is 13.9. The number of benzene rings is 2. The standard InChI is InChI=1S/C15H14ClF2NO/c1-10(11-5-4-6-12(16)9-11)19-13-7-2-3-8-14(13)20-15(17)18/h2-10,15,19H,1H3. The van der Waals surface area contributed by atoms with Crippen LogP contribution in [0.2, 0.25) is 5.02 Å². The lowest BCUT2D eigenvalue weighted by Gasteiger charge is -2.18. The third-order valence-corrected chi connectivity index (χ3v) is 3.06. The maximum atomic E-state index is 12.3. The molecule has 0 saturated carbocycles. The van der Waals surface area contributed by atoms with Gasteiger partial charge in [0.2, 0.25) is 0 Å². The molecule has 2 aromatic carbocycles. The molecule has 0 saturated heterocycles. The fourth-order valence-electron chi connectivity index (χ4n) is 1.88. The first-order valence-electron chi connectivity index (χ1n) is 6.12. The second-order valence-corrected chi connectivity index (χ2v) is 4.73. The van der Waals surface area contributed by atoms with Crippen LogP contribution in [0.15, 0.2) is 48.5 Å². The van der Waals surface area contributed by atoms with E-state index in [2.05, 4.69) is 10.1 Å². The Bertz CT molecular complexity index is 577. The molecule has 0 spiro atoms. The summed E-state index contributed by atoms with van der Waals surface area (Å²) in [5.74, 6) is 0.122. The molecule has 0 aliphatic carbocycles. The van der Waals surface area contributed by atoms with Crippen LogP contribution in [0.1, 0.15) is 18.5 Å². The minimum Gasteiger partial charge on any atom is -0.433 e. The highest BCUT2D eigenvalue weighted by Gasteiger charge is 2.12. The van der Waals surface area contributed by atoms with Gasteiger partial charge in [-0.3, -0.25) is 0 Å². The van der Waals surface area contributed by atoms with Gasteiger partial charge in [0.25, 0.3) is 0 Å². The lowest BCUT2D eigenvalue weighted by molar-refractivity contribution is -0.0493. The zero-order valence-electron chi connectivity index (χ0n) is 10.8. The summed E-state index contributed by atoms with van der Waals surface area (Å²) in [6.45, 7) is -0.926. The second kappa shape index (κ2) is 6.57. The van der Waals surface area contributed by atoms with Crippen molar-refractivity contribution in [2.24, 2.45) is 0 Å². The molecule has 0 heterocycles. The normalized spacial score (nSPS) is 12.2. The lowest BCUT2D eigenvalue weighted by Crippen LogP contribution is -2.10. The molecule has 2 rings (SSSR count). The van der Waals surface area contributed by atoms with Crippen molar-refractivity contribution in [3.63, 3.8) is 0 Å². The molecule has 0 bridgehead atoms. The van der Waals surface area contributed by atoms with Crippen molar-refractivity contribution in [1.29, 1.82) is 0 Å². The topological polar surface area (TPSA) is 21.3 Å². The predicted molar refractivity (Wildman–Crippen MR) is 76.6 cm³/mol. The molecule has 0 fully saturated rings. The van der Waals surface area contributed by atoms with Gasteiger partial charge >= 0.3 is 6.61 Å². The van der Waals surface area contributed by atoms with E-state index in [-0.39, 0.29) is 11.8 Å². The maximum absolute atomic E-state index is 12.3. The largest absolute Gasteiger partial charge is 0.433 e. The van der Waals surface area contributed by atoms with Gasteiger partial charge in [0, 0.05) is 11.1 Å². The summed E-state index contributed by atoms with van der Waals surface area (Å²) in [7, 11) is 0. The third kappa shape index (κ3) is 3.84.